The molecule has 1 atom stereocenters. The fourth-order valence-electron chi connectivity index (χ4n) is 4.02. The summed E-state index contributed by atoms with van der Waals surface area (Å²) in [4.78, 5) is 38.8. The molecule has 1 aromatic rings. The summed E-state index contributed by atoms with van der Waals surface area (Å²) in [5.74, 6) is -1.38. The Labute approximate surface area is 164 Å². The van der Waals surface area contributed by atoms with Crippen LogP contribution in [0.5, 0.6) is 0 Å². The lowest BCUT2D eigenvalue weighted by Crippen LogP contribution is -2.62. The lowest BCUT2D eigenvalue weighted by molar-refractivity contribution is -0.139. The van der Waals surface area contributed by atoms with Gasteiger partial charge in [-0.1, -0.05) is 38.3 Å². The van der Waals surface area contributed by atoms with Crippen LogP contribution in [0.4, 0.5) is 11.4 Å². The van der Waals surface area contributed by atoms with Crippen molar-refractivity contribution in [3.63, 3.8) is 0 Å². The van der Waals surface area contributed by atoms with Crippen LogP contribution in [0.1, 0.15) is 45.4 Å². The Morgan fingerprint density at radius 1 is 1.30 bits per heavy atom. The van der Waals surface area contributed by atoms with Gasteiger partial charge in [-0.15, -0.1) is 12.4 Å². The minimum absolute atomic E-state index is 0. The fraction of sp³-hybridized carbons (Fsp3) is 0.526. The van der Waals surface area contributed by atoms with Gasteiger partial charge in [0.25, 0.3) is 5.91 Å². The van der Waals surface area contributed by atoms with E-state index in [9.17, 15) is 19.5 Å². The molecule has 1 aromatic carbocycles. The van der Waals surface area contributed by atoms with Crippen LogP contribution in [0.25, 0.3) is 0 Å². The molecular weight excluding hydrogens is 370 g/mol. The Kier molecular flexibility index (Phi) is 6.84. The molecule has 3 rings (SSSR count). The number of carboxylic acids is 1. The molecular formula is C19H26ClN3O4. The van der Waals surface area contributed by atoms with Gasteiger partial charge in [-0.05, 0) is 31.4 Å². The molecule has 148 valence electrons. The summed E-state index contributed by atoms with van der Waals surface area (Å²) >= 11 is 0. The van der Waals surface area contributed by atoms with Crippen molar-refractivity contribution in [3.8, 4) is 0 Å². The van der Waals surface area contributed by atoms with Crippen LogP contribution in [-0.2, 0) is 14.4 Å². The highest BCUT2D eigenvalue weighted by atomic mass is 35.5. The van der Waals surface area contributed by atoms with Crippen LogP contribution >= 0.6 is 12.4 Å². The number of benzene rings is 1. The minimum Gasteiger partial charge on any atom is -0.480 e. The molecule has 27 heavy (non-hydrogen) atoms. The maximum Gasteiger partial charge on any atom is 0.320 e. The molecule has 1 heterocycles. The molecule has 1 spiro atoms. The Bertz CT molecular complexity index is 719. The van der Waals surface area contributed by atoms with Crippen LogP contribution < -0.4 is 15.5 Å². The molecule has 1 aliphatic heterocycles. The van der Waals surface area contributed by atoms with Crippen LogP contribution in [0.3, 0.4) is 0 Å². The lowest BCUT2D eigenvalue weighted by atomic mass is 9.89. The molecule has 8 heteroatoms. The van der Waals surface area contributed by atoms with E-state index in [1.165, 1.54) is 0 Å². The molecule has 3 N–H and O–H groups in total. The van der Waals surface area contributed by atoms with Crippen molar-refractivity contribution in [1.29, 1.82) is 0 Å². The first-order chi connectivity index (χ1) is 12.5. The molecule has 1 fully saturated rings. The lowest BCUT2D eigenvalue weighted by Gasteiger charge is -2.44. The Hall–Kier alpha value is -2.12. The zero-order chi connectivity index (χ0) is 18.7. The molecule has 1 unspecified atom stereocenters. The van der Waals surface area contributed by atoms with Crippen molar-refractivity contribution in [2.24, 2.45) is 0 Å². The highest BCUT2D eigenvalue weighted by molar-refractivity contribution is 6.15. The first-order valence-electron chi connectivity index (χ1n) is 9.19. The van der Waals surface area contributed by atoms with Gasteiger partial charge in [0.05, 0.1) is 17.9 Å². The monoisotopic (exact) mass is 395 g/mol. The highest BCUT2D eigenvalue weighted by Gasteiger charge is 2.52. The molecule has 0 radical (unpaired) electrons. The number of nitrogens with one attached hydrogen (secondary N) is 2. The predicted octanol–water partition coefficient (Wildman–Crippen LogP) is 2.55. The summed E-state index contributed by atoms with van der Waals surface area (Å²) in [7, 11) is 0. The molecule has 0 saturated heterocycles. The smallest absolute Gasteiger partial charge is 0.320 e. The number of halogens is 1. The van der Waals surface area contributed by atoms with E-state index in [0.29, 0.717) is 37.1 Å². The van der Waals surface area contributed by atoms with Crippen LogP contribution in [-0.4, -0.2) is 41.0 Å². The number of carboxylic acid groups (broad SMARTS) is 1. The van der Waals surface area contributed by atoms with Crippen molar-refractivity contribution in [2.45, 2.75) is 57.0 Å². The second-order valence-corrected chi connectivity index (χ2v) is 7.00. The fourth-order valence-corrected chi connectivity index (χ4v) is 4.02. The quantitative estimate of drug-likeness (QED) is 0.687. The largest absolute Gasteiger partial charge is 0.480 e. The average Bonchev–Trinajstić information content (AvgIpc) is 3.09. The number of nitrogens with zero attached hydrogens (tertiary/aromatic N) is 1. The van der Waals surface area contributed by atoms with E-state index in [4.69, 9.17) is 0 Å². The van der Waals surface area contributed by atoms with Crippen LogP contribution in [0, 0.1) is 0 Å². The van der Waals surface area contributed by atoms with Gasteiger partial charge in [0.15, 0.2) is 0 Å². The number of amides is 2. The summed E-state index contributed by atoms with van der Waals surface area (Å²) in [5.41, 5.74) is 0.436. The first-order valence-corrected chi connectivity index (χ1v) is 9.19. The van der Waals surface area contributed by atoms with E-state index in [-0.39, 0.29) is 30.8 Å². The second-order valence-electron chi connectivity index (χ2n) is 7.00. The number of fused-ring (bicyclic) bond motifs is 1. The van der Waals surface area contributed by atoms with E-state index < -0.39 is 17.6 Å². The Morgan fingerprint density at radius 3 is 2.59 bits per heavy atom. The van der Waals surface area contributed by atoms with Crippen molar-refractivity contribution in [2.75, 3.05) is 16.8 Å². The van der Waals surface area contributed by atoms with Gasteiger partial charge in [-0.3, -0.25) is 24.6 Å². The normalized spacial score (nSPS) is 18.4. The second kappa shape index (κ2) is 8.71. The van der Waals surface area contributed by atoms with Crippen LogP contribution in [0.15, 0.2) is 24.3 Å². The van der Waals surface area contributed by atoms with Gasteiger partial charge < -0.3 is 10.4 Å². The van der Waals surface area contributed by atoms with Crippen LogP contribution in [0.2, 0.25) is 0 Å². The topological polar surface area (TPSA) is 98.7 Å². The predicted molar refractivity (Wildman–Crippen MR) is 105 cm³/mol. The van der Waals surface area contributed by atoms with Gasteiger partial charge in [0, 0.05) is 0 Å². The molecule has 0 aromatic heterocycles. The Morgan fingerprint density at radius 2 is 1.96 bits per heavy atom. The van der Waals surface area contributed by atoms with E-state index >= 15 is 0 Å². The zero-order valence-electron chi connectivity index (χ0n) is 15.4. The number of hydrogen-bond acceptors (Lipinski definition) is 4. The van der Waals surface area contributed by atoms with Crippen molar-refractivity contribution < 1.29 is 19.5 Å². The number of anilines is 2. The van der Waals surface area contributed by atoms with Gasteiger partial charge in [-0.25, -0.2) is 0 Å². The molecule has 1 aliphatic carbocycles. The van der Waals surface area contributed by atoms with Gasteiger partial charge >= 0.3 is 5.97 Å². The first kappa shape index (κ1) is 21.2. The number of rotatable bonds is 6. The molecule has 2 aliphatic rings. The minimum atomic E-state index is -0.966. The van der Waals surface area contributed by atoms with E-state index in [1.54, 1.807) is 11.0 Å². The molecule has 7 nitrogen and oxygen atoms in total. The van der Waals surface area contributed by atoms with Crippen molar-refractivity contribution in [1.82, 2.24) is 5.32 Å². The summed E-state index contributed by atoms with van der Waals surface area (Å²) < 4.78 is 0. The molecule has 1 saturated carbocycles. The third-order valence-electron chi connectivity index (χ3n) is 5.30. The van der Waals surface area contributed by atoms with E-state index in [2.05, 4.69) is 10.6 Å². The number of aliphatic carboxylic acids is 1. The third-order valence-corrected chi connectivity index (χ3v) is 5.30. The van der Waals surface area contributed by atoms with Gasteiger partial charge in [0.1, 0.15) is 11.6 Å². The highest BCUT2D eigenvalue weighted by Crippen LogP contribution is 2.45. The van der Waals surface area contributed by atoms with E-state index in [1.807, 2.05) is 25.1 Å². The number of carbonyl (C=O) groups excluding carboxylic acids is 2. The third kappa shape index (κ3) is 3.94. The number of para-hydroxylation sites is 2. The summed E-state index contributed by atoms with van der Waals surface area (Å²) in [6.45, 7) is 1.79. The van der Waals surface area contributed by atoms with E-state index in [0.717, 1.165) is 12.8 Å². The van der Waals surface area contributed by atoms with Gasteiger partial charge in [-0.2, -0.15) is 0 Å². The number of hydrogen-bond donors (Lipinski definition) is 3. The van der Waals surface area contributed by atoms with Gasteiger partial charge in [0.2, 0.25) is 5.91 Å². The Balaban J connectivity index is 0.00000261. The molecule has 2 amide bonds. The van der Waals surface area contributed by atoms with Crippen molar-refractivity contribution in [3.05, 3.63) is 24.3 Å². The standard InChI is InChI=1S/C19H25N3O4.ClH/c1-2-7-14(17(24)25)20-12-16(23)22-15-9-4-3-8-13(15)21-18(26)19(22)10-5-6-11-19;/h3-4,8-9,14,20H,2,5-7,10-12H2,1H3,(H,21,26)(H,24,25);1H. The summed E-state index contributed by atoms with van der Waals surface area (Å²) in [5, 5.41) is 15.1. The summed E-state index contributed by atoms with van der Waals surface area (Å²) in [6, 6.07) is 6.49. The maximum atomic E-state index is 13.1. The average molecular weight is 396 g/mol. The molecule has 0 bridgehead atoms. The summed E-state index contributed by atoms with van der Waals surface area (Å²) in [6.07, 6.45) is 4.18. The van der Waals surface area contributed by atoms with Crippen molar-refractivity contribution >= 4 is 41.6 Å². The zero-order valence-corrected chi connectivity index (χ0v) is 16.2. The maximum absolute atomic E-state index is 13.1. The number of carbonyl (C=O) groups is 3. The SMILES string of the molecule is CCCC(NCC(=O)N1c2ccccc2NC(=O)C12CCCC2)C(=O)O.Cl.